The lowest BCUT2D eigenvalue weighted by atomic mass is 10.0. The highest BCUT2D eigenvalue weighted by atomic mass is 127. The third-order valence-corrected chi connectivity index (χ3v) is 7.95. The number of rotatable bonds is 7. The van der Waals surface area contributed by atoms with Crippen molar-refractivity contribution >= 4 is 46.5 Å². The molecule has 1 unspecified atom stereocenters. The molecule has 214 valence electrons. The van der Waals surface area contributed by atoms with Gasteiger partial charge in [-0.15, -0.1) is 0 Å². The van der Waals surface area contributed by atoms with Gasteiger partial charge >= 0.3 is 6.09 Å². The summed E-state index contributed by atoms with van der Waals surface area (Å²) >= 11 is 2.31. The van der Waals surface area contributed by atoms with Crippen molar-refractivity contribution in [3.8, 4) is 0 Å². The molecule has 2 aromatic heterocycles. The maximum atomic E-state index is 12.8. The summed E-state index contributed by atoms with van der Waals surface area (Å²) in [5, 5.41) is 10.1. The topological polar surface area (TPSA) is 148 Å². The van der Waals surface area contributed by atoms with Crippen LogP contribution in [0.2, 0.25) is 0 Å². The zero-order valence-electron chi connectivity index (χ0n) is 23.2. The van der Waals surface area contributed by atoms with Crippen LogP contribution in [0.15, 0.2) is 16.9 Å². The third kappa shape index (κ3) is 7.47. The van der Waals surface area contributed by atoms with Crippen LogP contribution in [0.4, 0.5) is 16.7 Å². The van der Waals surface area contributed by atoms with Crippen molar-refractivity contribution in [2.45, 2.75) is 74.7 Å². The second-order valence-corrected chi connectivity index (χ2v) is 12.9. The van der Waals surface area contributed by atoms with Crippen LogP contribution < -0.4 is 20.4 Å². The molecule has 14 heteroatoms. The summed E-state index contributed by atoms with van der Waals surface area (Å²) in [6, 6.07) is -0.0725. The zero-order chi connectivity index (χ0) is 28.4. The van der Waals surface area contributed by atoms with Gasteiger partial charge in [0.2, 0.25) is 5.95 Å². The Bertz CT molecular complexity index is 1140. The molecule has 2 N–H and O–H groups in total. The number of alkyl halides is 1. The Hall–Kier alpha value is -2.75. The average Bonchev–Trinajstić information content (AvgIpc) is 3.51. The molecule has 2 saturated heterocycles. The fraction of sp³-hybridized carbons (Fsp3) is 0.680. The van der Waals surface area contributed by atoms with E-state index in [-0.39, 0.29) is 21.9 Å². The molecule has 39 heavy (non-hydrogen) atoms. The number of alkyl carbamates (subject to hydrolysis) is 1. The number of aromatic nitrogens is 4. The summed E-state index contributed by atoms with van der Waals surface area (Å²) in [6.45, 7) is 11.9. The predicted octanol–water partition coefficient (Wildman–Crippen LogP) is 2.66. The van der Waals surface area contributed by atoms with Gasteiger partial charge in [0.1, 0.15) is 11.2 Å². The van der Waals surface area contributed by atoms with Crippen molar-refractivity contribution < 1.29 is 23.6 Å². The van der Waals surface area contributed by atoms with Crippen LogP contribution in [-0.2, 0) is 15.1 Å². The number of nitrogens with zero attached hydrogens (tertiary/aromatic N) is 6. The van der Waals surface area contributed by atoms with Crippen LogP contribution in [0.1, 0.15) is 63.7 Å². The second kappa shape index (κ2) is 11.8. The number of hydrogen-bond acceptors (Lipinski definition) is 11. The molecule has 0 spiro atoms. The molecular weight excluding hydrogens is 619 g/mol. The Kier molecular flexibility index (Phi) is 8.83. The van der Waals surface area contributed by atoms with Crippen molar-refractivity contribution in [1.82, 2.24) is 30.7 Å². The number of amides is 2. The van der Waals surface area contributed by atoms with Gasteiger partial charge < -0.3 is 34.4 Å². The molecule has 4 heterocycles. The SMILES string of the molecule is COC(C)(C)c1nc(N2CCC(NC(=O)c3cnc(N4CC(I)[C@@H](NC(=O)OC(C)(C)C)C4)nc3)CC2)no1. The molecular formula is C25H37IN8O5. The van der Waals surface area contributed by atoms with E-state index >= 15 is 0 Å². The first-order chi connectivity index (χ1) is 18.3. The summed E-state index contributed by atoms with van der Waals surface area (Å²) in [6.07, 6.45) is 4.15. The number of carbonyl (C=O) groups excluding carboxylic acids is 2. The number of halogens is 1. The minimum atomic E-state index is -0.652. The molecule has 0 aromatic carbocycles. The maximum absolute atomic E-state index is 12.8. The van der Waals surface area contributed by atoms with Gasteiger partial charge in [0.15, 0.2) is 0 Å². The van der Waals surface area contributed by atoms with Crippen molar-refractivity contribution in [3.63, 3.8) is 0 Å². The van der Waals surface area contributed by atoms with E-state index in [9.17, 15) is 9.59 Å². The minimum absolute atomic E-state index is 0.0215. The Morgan fingerprint density at radius 2 is 1.69 bits per heavy atom. The Morgan fingerprint density at radius 3 is 2.31 bits per heavy atom. The molecule has 2 amide bonds. The molecule has 2 fully saturated rings. The van der Waals surface area contributed by atoms with E-state index in [1.807, 2.05) is 44.4 Å². The molecule has 0 aliphatic carbocycles. The number of methoxy groups -OCH3 is 1. The van der Waals surface area contributed by atoms with Gasteiger partial charge in [0, 0.05) is 51.7 Å². The average molecular weight is 657 g/mol. The normalized spacial score (nSPS) is 20.7. The molecule has 0 bridgehead atoms. The quantitative estimate of drug-likeness (QED) is 0.335. The first-order valence-electron chi connectivity index (χ1n) is 13.0. The predicted molar refractivity (Wildman–Crippen MR) is 152 cm³/mol. The molecule has 2 aliphatic heterocycles. The van der Waals surface area contributed by atoms with Gasteiger partial charge in [-0.05, 0) is 52.6 Å². The molecule has 0 saturated carbocycles. The van der Waals surface area contributed by atoms with Crippen LogP contribution >= 0.6 is 22.6 Å². The van der Waals surface area contributed by atoms with E-state index in [0.717, 1.165) is 12.8 Å². The van der Waals surface area contributed by atoms with Crippen molar-refractivity contribution in [1.29, 1.82) is 0 Å². The number of ether oxygens (including phenoxy) is 2. The maximum Gasteiger partial charge on any atom is 0.407 e. The van der Waals surface area contributed by atoms with E-state index in [1.165, 1.54) is 0 Å². The van der Waals surface area contributed by atoms with Gasteiger partial charge in [-0.2, -0.15) is 4.98 Å². The van der Waals surface area contributed by atoms with Gasteiger partial charge in [-0.25, -0.2) is 14.8 Å². The van der Waals surface area contributed by atoms with Crippen LogP contribution in [0.25, 0.3) is 0 Å². The summed E-state index contributed by atoms with van der Waals surface area (Å²) in [7, 11) is 1.60. The van der Waals surface area contributed by atoms with Gasteiger partial charge in [-0.3, -0.25) is 4.79 Å². The molecule has 0 radical (unpaired) electrons. The van der Waals surface area contributed by atoms with Crippen molar-refractivity contribution in [3.05, 3.63) is 23.8 Å². The standard InChI is InChI=1S/C25H37IN8O5/c1-24(2,3)38-23(36)30-18-14-34(13-17(18)26)21-27-11-15(12-28-21)19(35)29-16-7-9-33(10-8-16)22-31-20(39-32-22)25(4,5)37-6/h11-12,16-18H,7-10,13-14H2,1-6H3,(H,29,35)(H,30,36)/t17?,18-/m0/s1. The summed E-state index contributed by atoms with van der Waals surface area (Å²) in [5.41, 5.74) is -0.806. The number of carbonyl (C=O) groups is 2. The van der Waals surface area contributed by atoms with Gasteiger partial charge in [-0.1, -0.05) is 22.6 Å². The Morgan fingerprint density at radius 1 is 1.03 bits per heavy atom. The largest absolute Gasteiger partial charge is 0.444 e. The lowest BCUT2D eigenvalue weighted by molar-refractivity contribution is -0.00787. The number of piperidine rings is 1. The molecule has 13 nitrogen and oxygen atoms in total. The highest BCUT2D eigenvalue weighted by Crippen LogP contribution is 2.26. The molecule has 2 aliphatic rings. The van der Waals surface area contributed by atoms with Crippen molar-refractivity contribution in [2.75, 3.05) is 43.1 Å². The number of nitrogens with one attached hydrogen (secondary N) is 2. The van der Waals surface area contributed by atoms with Crippen LogP contribution in [-0.4, -0.2) is 87.0 Å². The lowest BCUT2D eigenvalue weighted by Gasteiger charge is -2.31. The molecule has 4 rings (SSSR count). The number of anilines is 2. The first-order valence-corrected chi connectivity index (χ1v) is 14.2. The van der Waals surface area contributed by atoms with E-state index in [2.05, 4.69) is 53.3 Å². The Labute approximate surface area is 241 Å². The highest BCUT2D eigenvalue weighted by Gasteiger charge is 2.35. The Balaban J connectivity index is 1.26. The van der Waals surface area contributed by atoms with Crippen LogP contribution in [0.5, 0.6) is 0 Å². The minimum Gasteiger partial charge on any atom is -0.444 e. The second-order valence-electron chi connectivity index (χ2n) is 11.3. The lowest BCUT2D eigenvalue weighted by Crippen LogP contribution is -2.45. The number of hydrogen-bond donors (Lipinski definition) is 2. The van der Waals surface area contributed by atoms with E-state index in [4.69, 9.17) is 14.0 Å². The van der Waals surface area contributed by atoms with Crippen LogP contribution in [0.3, 0.4) is 0 Å². The van der Waals surface area contributed by atoms with E-state index in [1.54, 1.807) is 19.5 Å². The van der Waals surface area contributed by atoms with Gasteiger partial charge in [0.05, 0.1) is 15.5 Å². The molecule has 2 atom stereocenters. The smallest absolute Gasteiger partial charge is 0.407 e. The van der Waals surface area contributed by atoms with Crippen molar-refractivity contribution in [2.24, 2.45) is 0 Å². The van der Waals surface area contributed by atoms with E-state index < -0.39 is 17.3 Å². The van der Waals surface area contributed by atoms with Crippen LogP contribution in [0, 0.1) is 0 Å². The fourth-order valence-electron chi connectivity index (χ4n) is 4.29. The summed E-state index contributed by atoms with van der Waals surface area (Å²) < 4.78 is 16.3. The summed E-state index contributed by atoms with van der Waals surface area (Å²) in [4.78, 5) is 42.4. The monoisotopic (exact) mass is 656 g/mol. The third-order valence-electron chi connectivity index (χ3n) is 6.69. The zero-order valence-corrected chi connectivity index (χ0v) is 25.4. The first kappa shape index (κ1) is 29.2. The molecule has 2 aromatic rings. The fourth-order valence-corrected chi connectivity index (χ4v) is 5.18. The van der Waals surface area contributed by atoms with Gasteiger partial charge in [0.25, 0.3) is 17.7 Å². The highest BCUT2D eigenvalue weighted by molar-refractivity contribution is 14.1. The summed E-state index contributed by atoms with van der Waals surface area (Å²) in [5.74, 6) is 1.27. The van der Waals surface area contributed by atoms with E-state index in [0.29, 0.717) is 49.5 Å².